The lowest BCUT2D eigenvalue weighted by Crippen LogP contribution is -2.67. The number of carbonyl (C=O) groups is 1. The highest BCUT2D eigenvalue weighted by molar-refractivity contribution is 5.75. The quantitative estimate of drug-likeness (QED) is 0.143. The standard InChI is InChI=1S/C20H34O16/c1-5-7(22)9(24)10(25)19(32-5)34-14-8(23)6(4-21)33-20(13(14)28)35-15-11(26)16(17(29)30-2)36-18(31-3)12(15)27/h5-16,18-28H,4H2,1-3H3/t5-,6+,7+,8-,9+,10-,11+,12+,13+,14-,15-,16-,18-,19-,20+/m0/s1. The van der Waals surface area contributed by atoms with Gasteiger partial charge in [0.05, 0.1) is 19.8 Å². The fraction of sp³-hybridized carbons (Fsp3) is 0.950. The molecule has 210 valence electrons. The second-order valence-electron chi connectivity index (χ2n) is 8.75. The van der Waals surface area contributed by atoms with E-state index in [2.05, 4.69) is 4.74 Å². The smallest absolute Gasteiger partial charge is 0.337 e. The molecule has 3 rings (SSSR count). The van der Waals surface area contributed by atoms with Crippen molar-refractivity contribution in [2.45, 2.75) is 99.0 Å². The highest BCUT2D eigenvalue weighted by Crippen LogP contribution is 2.32. The van der Waals surface area contributed by atoms with E-state index in [0.717, 1.165) is 14.2 Å². The van der Waals surface area contributed by atoms with Gasteiger partial charge in [0.2, 0.25) is 0 Å². The Kier molecular flexibility index (Phi) is 9.97. The van der Waals surface area contributed by atoms with Gasteiger partial charge in [-0.05, 0) is 6.92 Å². The summed E-state index contributed by atoms with van der Waals surface area (Å²) in [7, 11) is 2.20. The summed E-state index contributed by atoms with van der Waals surface area (Å²) < 4.78 is 36.6. The van der Waals surface area contributed by atoms with Gasteiger partial charge in [-0.15, -0.1) is 0 Å². The Hall–Kier alpha value is -1.09. The third-order valence-electron chi connectivity index (χ3n) is 6.42. The van der Waals surface area contributed by atoms with Crippen molar-refractivity contribution in [2.75, 3.05) is 20.8 Å². The molecule has 3 aliphatic rings. The summed E-state index contributed by atoms with van der Waals surface area (Å²) in [5.41, 5.74) is 0. The van der Waals surface area contributed by atoms with Crippen LogP contribution in [0.2, 0.25) is 0 Å². The SMILES string of the molecule is COC(=O)[C@H]1O[C@H](OC)[C@H](O)[C@@H](O[C@H]2O[C@H](CO)[C@H](O)[C@H](O[C@@H]3O[C@@H](C)[C@@H](O)[C@@H](O)[C@@H]3O)[C@H]2O)[C@H]1O. The maximum atomic E-state index is 12.0. The van der Waals surface area contributed by atoms with E-state index in [0.29, 0.717) is 0 Å². The van der Waals surface area contributed by atoms with Crippen LogP contribution in [0.4, 0.5) is 0 Å². The minimum atomic E-state index is -1.88. The van der Waals surface area contributed by atoms with Gasteiger partial charge in [0.25, 0.3) is 0 Å². The van der Waals surface area contributed by atoms with Gasteiger partial charge >= 0.3 is 5.97 Å². The Morgan fingerprint density at radius 3 is 1.81 bits per heavy atom. The summed E-state index contributed by atoms with van der Waals surface area (Å²) in [6.07, 6.45) is -24.1. The lowest BCUT2D eigenvalue weighted by molar-refractivity contribution is -0.377. The molecule has 16 nitrogen and oxygen atoms in total. The zero-order valence-corrected chi connectivity index (χ0v) is 19.7. The highest BCUT2D eigenvalue weighted by Gasteiger charge is 2.54. The van der Waals surface area contributed by atoms with Gasteiger partial charge in [-0.2, -0.15) is 0 Å². The monoisotopic (exact) mass is 530 g/mol. The third-order valence-corrected chi connectivity index (χ3v) is 6.42. The van der Waals surface area contributed by atoms with Crippen molar-refractivity contribution >= 4 is 5.97 Å². The first-order valence-electron chi connectivity index (χ1n) is 11.2. The maximum absolute atomic E-state index is 12.0. The van der Waals surface area contributed by atoms with E-state index < -0.39 is 105 Å². The molecular weight excluding hydrogens is 496 g/mol. The van der Waals surface area contributed by atoms with E-state index in [4.69, 9.17) is 28.4 Å². The summed E-state index contributed by atoms with van der Waals surface area (Å²) in [5, 5.41) is 82.4. The lowest BCUT2D eigenvalue weighted by atomic mass is 9.96. The number of carbonyl (C=O) groups excluding carboxylic acids is 1. The first-order valence-corrected chi connectivity index (χ1v) is 11.2. The molecule has 0 aromatic heterocycles. The van der Waals surface area contributed by atoms with Gasteiger partial charge in [-0.3, -0.25) is 0 Å². The Morgan fingerprint density at radius 2 is 1.25 bits per heavy atom. The van der Waals surface area contributed by atoms with Gasteiger partial charge in [0, 0.05) is 7.11 Å². The first kappa shape index (κ1) is 29.5. The molecule has 0 aromatic rings. The van der Waals surface area contributed by atoms with Gasteiger partial charge in [-0.25, -0.2) is 4.79 Å². The lowest BCUT2D eigenvalue weighted by Gasteiger charge is -2.47. The van der Waals surface area contributed by atoms with Crippen LogP contribution in [-0.4, -0.2) is 160 Å². The molecule has 3 saturated heterocycles. The van der Waals surface area contributed by atoms with Crippen LogP contribution in [0.1, 0.15) is 6.92 Å². The normalized spacial score (nSPS) is 50.0. The van der Waals surface area contributed by atoms with E-state index in [1.54, 1.807) is 0 Å². The molecule has 3 heterocycles. The topological polar surface area (TPSA) is 244 Å². The Labute approximate surface area is 205 Å². The number of hydrogen-bond donors (Lipinski definition) is 8. The molecule has 3 aliphatic heterocycles. The fourth-order valence-electron chi connectivity index (χ4n) is 4.26. The van der Waals surface area contributed by atoms with E-state index in [9.17, 15) is 45.6 Å². The summed E-state index contributed by atoms with van der Waals surface area (Å²) in [6, 6.07) is 0. The molecule has 0 unspecified atom stereocenters. The third kappa shape index (κ3) is 5.67. The van der Waals surface area contributed by atoms with Crippen molar-refractivity contribution < 1.29 is 78.8 Å². The zero-order valence-electron chi connectivity index (χ0n) is 19.7. The van der Waals surface area contributed by atoms with E-state index >= 15 is 0 Å². The molecule has 0 spiro atoms. The van der Waals surface area contributed by atoms with E-state index in [-0.39, 0.29) is 0 Å². The van der Waals surface area contributed by atoms with E-state index in [1.807, 2.05) is 0 Å². The molecule has 0 amide bonds. The van der Waals surface area contributed by atoms with Crippen LogP contribution in [0.25, 0.3) is 0 Å². The molecular formula is C20H34O16. The molecule has 3 fully saturated rings. The summed E-state index contributed by atoms with van der Waals surface area (Å²) >= 11 is 0. The van der Waals surface area contributed by atoms with Crippen molar-refractivity contribution in [3.63, 3.8) is 0 Å². The van der Waals surface area contributed by atoms with Crippen LogP contribution in [-0.2, 0) is 38.0 Å². The van der Waals surface area contributed by atoms with Gasteiger partial charge in [0.1, 0.15) is 61.0 Å². The molecule has 0 aliphatic carbocycles. The number of methoxy groups -OCH3 is 2. The average Bonchev–Trinajstić information content (AvgIpc) is 2.86. The van der Waals surface area contributed by atoms with Gasteiger partial charge in [0.15, 0.2) is 25.0 Å². The summed E-state index contributed by atoms with van der Waals surface area (Å²) in [4.78, 5) is 12.0. The van der Waals surface area contributed by atoms with Crippen LogP contribution < -0.4 is 0 Å². The predicted molar refractivity (Wildman–Crippen MR) is 110 cm³/mol. The summed E-state index contributed by atoms with van der Waals surface area (Å²) in [6.45, 7) is 0.608. The number of aliphatic hydroxyl groups is 8. The molecule has 16 heteroatoms. The van der Waals surface area contributed by atoms with Crippen molar-refractivity contribution in [1.82, 2.24) is 0 Å². The van der Waals surface area contributed by atoms with Gasteiger partial charge < -0.3 is 74.0 Å². The molecule has 0 aromatic carbocycles. The van der Waals surface area contributed by atoms with Crippen LogP contribution >= 0.6 is 0 Å². The predicted octanol–water partition coefficient (Wildman–Crippen LogP) is -5.71. The largest absolute Gasteiger partial charge is 0.467 e. The number of hydrogen-bond acceptors (Lipinski definition) is 16. The highest BCUT2D eigenvalue weighted by atomic mass is 16.8. The second-order valence-corrected chi connectivity index (χ2v) is 8.75. The average molecular weight is 530 g/mol. The molecule has 15 atom stereocenters. The Bertz CT molecular complexity index is 726. The number of rotatable bonds is 7. The Morgan fingerprint density at radius 1 is 0.694 bits per heavy atom. The van der Waals surface area contributed by atoms with Crippen molar-refractivity contribution in [2.24, 2.45) is 0 Å². The van der Waals surface area contributed by atoms with E-state index in [1.165, 1.54) is 6.92 Å². The molecule has 36 heavy (non-hydrogen) atoms. The minimum Gasteiger partial charge on any atom is -0.467 e. The van der Waals surface area contributed by atoms with Crippen molar-refractivity contribution in [3.8, 4) is 0 Å². The fourth-order valence-corrected chi connectivity index (χ4v) is 4.26. The van der Waals surface area contributed by atoms with Crippen LogP contribution in [0.3, 0.4) is 0 Å². The maximum Gasteiger partial charge on any atom is 0.337 e. The van der Waals surface area contributed by atoms with Crippen LogP contribution in [0, 0.1) is 0 Å². The molecule has 8 N–H and O–H groups in total. The van der Waals surface area contributed by atoms with Crippen LogP contribution in [0.15, 0.2) is 0 Å². The number of ether oxygens (including phenoxy) is 7. The number of esters is 1. The zero-order chi connectivity index (χ0) is 26.9. The number of aliphatic hydroxyl groups excluding tert-OH is 8. The van der Waals surface area contributed by atoms with Crippen molar-refractivity contribution in [1.29, 1.82) is 0 Å². The second kappa shape index (κ2) is 12.2. The molecule has 0 radical (unpaired) electrons. The minimum absolute atomic E-state index is 0.788. The Balaban J connectivity index is 1.81. The first-order chi connectivity index (χ1) is 17.0. The van der Waals surface area contributed by atoms with Crippen LogP contribution in [0.5, 0.6) is 0 Å². The van der Waals surface area contributed by atoms with Gasteiger partial charge in [-0.1, -0.05) is 0 Å². The molecule has 0 saturated carbocycles. The molecule has 0 bridgehead atoms. The summed E-state index contributed by atoms with van der Waals surface area (Å²) in [5.74, 6) is -1.00. The van der Waals surface area contributed by atoms with Crippen molar-refractivity contribution in [3.05, 3.63) is 0 Å².